The van der Waals surface area contributed by atoms with E-state index in [2.05, 4.69) is 157 Å². The Morgan fingerprint density at radius 1 is 0.400 bits per heavy atom. The summed E-state index contributed by atoms with van der Waals surface area (Å²) in [6.07, 6.45) is -0.369. The molecule has 9 aromatic carbocycles. The molecule has 55 heavy (non-hydrogen) atoms. The van der Waals surface area contributed by atoms with E-state index in [0.717, 1.165) is 66.7 Å². The SMILES string of the molecule is c1ccc(C2=NC(c3cccc4oc5ccc(-c6ccc7c8ccccc8c8ccccc8c7c6)cc5c34)=NC(c3ccccc3-c3ccccc3)N2)cc1. The Morgan fingerprint density at radius 2 is 0.964 bits per heavy atom. The minimum Gasteiger partial charge on any atom is -0.456 e. The van der Waals surface area contributed by atoms with Crippen molar-refractivity contribution in [2.75, 3.05) is 0 Å². The molecule has 4 heteroatoms. The van der Waals surface area contributed by atoms with Crippen molar-refractivity contribution in [3.8, 4) is 22.3 Å². The highest BCUT2D eigenvalue weighted by molar-refractivity contribution is 6.26. The van der Waals surface area contributed by atoms with Gasteiger partial charge in [-0.2, -0.15) is 0 Å². The summed E-state index contributed by atoms with van der Waals surface area (Å²) in [6, 6.07) is 66.3. The van der Waals surface area contributed by atoms with Gasteiger partial charge in [0.25, 0.3) is 0 Å². The number of aliphatic imine (C=N–C) groups is 2. The molecule has 0 saturated heterocycles. The second-order valence-electron chi connectivity index (χ2n) is 14.1. The standard InChI is InChI=1S/C51H33N3O/c1-3-14-32(15-4-1)36-18-7-12-23-42(36)50-52-49(33-16-5-2-6-17-33)53-51(54-50)43-24-13-25-47-48(43)45-31-35(27-29-46(45)55-47)34-26-28-41-39-21-9-8-19-37(39)38-20-10-11-22-40(38)44(41)30-34/h1-31,50H,(H,52,53,54). The average Bonchev–Trinajstić information content (AvgIpc) is 3.65. The molecule has 10 aromatic rings. The van der Waals surface area contributed by atoms with Crippen LogP contribution in [0.4, 0.5) is 0 Å². The monoisotopic (exact) mass is 703 g/mol. The maximum Gasteiger partial charge on any atom is 0.160 e. The summed E-state index contributed by atoms with van der Waals surface area (Å²) in [5, 5.41) is 13.3. The second kappa shape index (κ2) is 12.7. The van der Waals surface area contributed by atoms with Gasteiger partial charge in [-0.25, -0.2) is 9.98 Å². The summed E-state index contributed by atoms with van der Waals surface area (Å²) < 4.78 is 6.53. The van der Waals surface area contributed by atoms with Crippen LogP contribution >= 0.6 is 0 Å². The van der Waals surface area contributed by atoms with E-state index in [1.807, 2.05) is 36.4 Å². The lowest BCUT2D eigenvalue weighted by Gasteiger charge is -2.25. The first kappa shape index (κ1) is 31.2. The Labute approximate surface area is 317 Å². The van der Waals surface area contributed by atoms with Crippen molar-refractivity contribution in [2.45, 2.75) is 6.17 Å². The minimum absolute atomic E-state index is 0.369. The third-order valence-corrected chi connectivity index (χ3v) is 10.9. The first-order chi connectivity index (χ1) is 27.3. The van der Waals surface area contributed by atoms with E-state index < -0.39 is 0 Å². The molecule has 0 amide bonds. The van der Waals surface area contributed by atoms with Crippen molar-refractivity contribution in [3.05, 3.63) is 205 Å². The Morgan fingerprint density at radius 3 is 1.69 bits per heavy atom. The maximum absolute atomic E-state index is 6.53. The number of nitrogens with one attached hydrogen (secondary N) is 1. The molecule has 1 N–H and O–H groups in total. The van der Waals surface area contributed by atoms with Crippen LogP contribution in [0.1, 0.15) is 22.9 Å². The Balaban J connectivity index is 1.09. The van der Waals surface area contributed by atoms with E-state index in [-0.39, 0.29) is 6.17 Å². The molecule has 0 saturated carbocycles. The molecule has 0 radical (unpaired) electrons. The highest BCUT2D eigenvalue weighted by atomic mass is 16.3. The van der Waals surface area contributed by atoms with E-state index in [0.29, 0.717) is 5.84 Å². The van der Waals surface area contributed by atoms with E-state index in [1.165, 1.54) is 32.3 Å². The number of rotatable bonds is 5. The number of hydrogen-bond donors (Lipinski definition) is 1. The molecule has 4 nitrogen and oxygen atoms in total. The number of furan rings is 1. The van der Waals surface area contributed by atoms with Gasteiger partial charge in [0.15, 0.2) is 5.84 Å². The predicted octanol–water partition coefficient (Wildman–Crippen LogP) is 12.9. The summed E-state index contributed by atoms with van der Waals surface area (Å²) in [5.74, 6) is 1.44. The molecule has 1 aliphatic heterocycles. The molecule has 1 atom stereocenters. The molecular weight excluding hydrogens is 671 g/mol. The van der Waals surface area contributed by atoms with Crippen molar-refractivity contribution in [2.24, 2.45) is 9.98 Å². The number of amidine groups is 2. The van der Waals surface area contributed by atoms with Crippen LogP contribution in [0, 0.1) is 0 Å². The zero-order valence-electron chi connectivity index (χ0n) is 29.8. The lowest BCUT2D eigenvalue weighted by atomic mass is 9.92. The van der Waals surface area contributed by atoms with Crippen LogP contribution in [-0.2, 0) is 0 Å². The molecule has 1 aromatic heterocycles. The predicted molar refractivity (Wildman–Crippen MR) is 229 cm³/mol. The normalized spacial score (nSPS) is 14.4. The van der Waals surface area contributed by atoms with Crippen LogP contribution in [0.25, 0.3) is 76.5 Å². The van der Waals surface area contributed by atoms with E-state index in [4.69, 9.17) is 14.4 Å². The van der Waals surface area contributed by atoms with Gasteiger partial charge in [-0.1, -0.05) is 164 Å². The van der Waals surface area contributed by atoms with E-state index >= 15 is 0 Å². The van der Waals surface area contributed by atoms with Crippen LogP contribution < -0.4 is 5.32 Å². The Bertz CT molecular complexity index is 3140. The van der Waals surface area contributed by atoms with Gasteiger partial charge >= 0.3 is 0 Å². The van der Waals surface area contributed by atoms with Gasteiger partial charge in [-0.05, 0) is 78.8 Å². The molecule has 258 valence electrons. The van der Waals surface area contributed by atoms with Crippen LogP contribution in [0.15, 0.2) is 202 Å². The quantitative estimate of drug-likeness (QED) is 0.181. The van der Waals surface area contributed by atoms with Crippen molar-refractivity contribution >= 4 is 65.9 Å². The van der Waals surface area contributed by atoms with Crippen LogP contribution in [0.3, 0.4) is 0 Å². The number of hydrogen-bond acceptors (Lipinski definition) is 4. The fourth-order valence-electron chi connectivity index (χ4n) is 8.37. The topological polar surface area (TPSA) is 49.9 Å². The fraction of sp³-hybridized carbons (Fsp3) is 0.0196. The lowest BCUT2D eigenvalue weighted by Crippen LogP contribution is -2.33. The zero-order valence-corrected chi connectivity index (χ0v) is 29.8. The largest absolute Gasteiger partial charge is 0.456 e. The molecule has 0 fully saturated rings. The van der Waals surface area contributed by atoms with Gasteiger partial charge in [0.2, 0.25) is 0 Å². The number of benzene rings is 9. The van der Waals surface area contributed by atoms with Crippen molar-refractivity contribution in [3.63, 3.8) is 0 Å². The summed E-state index contributed by atoms with van der Waals surface area (Å²) in [7, 11) is 0. The molecule has 2 heterocycles. The minimum atomic E-state index is -0.369. The average molecular weight is 704 g/mol. The Hall–Kier alpha value is -7.30. The van der Waals surface area contributed by atoms with E-state index in [9.17, 15) is 0 Å². The molecule has 1 unspecified atom stereocenters. The summed E-state index contributed by atoms with van der Waals surface area (Å²) in [4.78, 5) is 10.6. The van der Waals surface area contributed by atoms with Gasteiger partial charge in [-0.3, -0.25) is 0 Å². The Kier molecular flexibility index (Phi) is 7.20. The van der Waals surface area contributed by atoms with Crippen molar-refractivity contribution in [1.82, 2.24) is 5.32 Å². The molecule has 0 aliphatic carbocycles. The van der Waals surface area contributed by atoms with Gasteiger partial charge in [-0.15, -0.1) is 0 Å². The van der Waals surface area contributed by atoms with Gasteiger partial charge in [0.1, 0.15) is 23.2 Å². The molecule has 0 spiro atoms. The molecule has 11 rings (SSSR count). The third kappa shape index (κ3) is 5.22. The highest BCUT2D eigenvalue weighted by Gasteiger charge is 2.25. The number of nitrogens with zero attached hydrogens (tertiary/aromatic N) is 2. The highest BCUT2D eigenvalue weighted by Crippen LogP contribution is 2.40. The van der Waals surface area contributed by atoms with Crippen LogP contribution in [-0.4, -0.2) is 11.7 Å². The first-order valence-corrected chi connectivity index (χ1v) is 18.7. The first-order valence-electron chi connectivity index (χ1n) is 18.7. The summed E-state index contributed by atoms with van der Waals surface area (Å²) >= 11 is 0. The van der Waals surface area contributed by atoms with Crippen LogP contribution in [0.2, 0.25) is 0 Å². The molecule has 0 bridgehead atoms. The lowest BCUT2D eigenvalue weighted by molar-refractivity contribution is 0.668. The molecule has 1 aliphatic rings. The van der Waals surface area contributed by atoms with Crippen LogP contribution in [0.5, 0.6) is 0 Å². The van der Waals surface area contributed by atoms with E-state index in [1.54, 1.807) is 0 Å². The fourth-order valence-corrected chi connectivity index (χ4v) is 8.37. The smallest absolute Gasteiger partial charge is 0.160 e. The van der Waals surface area contributed by atoms with Gasteiger partial charge in [0.05, 0.1) is 0 Å². The van der Waals surface area contributed by atoms with Gasteiger partial charge < -0.3 is 9.73 Å². The second-order valence-corrected chi connectivity index (χ2v) is 14.1. The number of fused-ring (bicyclic) bond motifs is 9. The maximum atomic E-state index is 6.53. The van der Waals surface area contributed by atoms with Gasteiger partial charge in [0, 0.05) is 27.5 Å². The van der Waals surface area contributed by atoms with Crippen molar-refractivity contribution in [1.29, 1.82) is 0 Å². The summed E-state index contributed by atoms with van der Waals surface area (Å²) in [5.41, 5.74) is 9.20. The third-order valence-electron chi connectivity index (χ3n) is 10.9. The molecular formula is C51H33N3O. The summed E-state index contributed by atoms with van der Waals surface area (Å²) in [6.45, 7) is 0. The van der Waals surface area contributed by atoms with Crippen molar-refractivity contribution < 1.29 is 4.42 Å². The zero-order chi connectivity index (χ0) is 36.3.